The Balaban J connectivity index is 1.54. The van der Waals surface area contributed by atoms with Crippen LogP contribution in [-0.2, 0) is 22.3 Å². The van der Waals surface area contributed by atoms with Crippen molar-refractivity contribution in [2.24, 2.45) is 0 Å². The quantitative estimate of drug-likeness (QED) is 0.441. The van der Waals surface area contributed by atoms with E-state index < -0.39 is 10.0 Å². The minimum Gasteiger partial charge on any atom is -0.351 e. The van der Waals surface area contributed by atoms with E-state index >= 15 is 0 Å². The van der Waals surface area contributed by atoms with Crippen LogP contribution < -0.4 is 9.62 Å². The number of amides is 1. The van der Waals surface area contributed by atoms with Gasteiger partial charge < -0.3 is 5.32 Å². The van der Waals surface area contributed by atoms with Crippen molar-refractivity contribution >= 4 is 33.4 Å². The van der Waals surface area contributed by atoms with Crippen molar-refractivity contribution in [1.29, 1.82) is 0 Å². The van der Waals surface area contributed by atoms with Gasteiger partial charge in [-0.05, 0) is 47.9 Å². The zero-order valence-corrected chi connectivity index (χ0v) is 20.0. The second-order valence-corrected chi connectivity index (χ2v) is 10.5. The van der Waals surface area contributed by atoms with Gasteiger partial charge in [-0.1, -0.05) is 54.6 Å². The normalized spacial score (nSPS) is 11.2. The van der Waals surface area contributed by atoms with E-state index in [0.717, 1.165) is 17.1 Å². The summed E-state index contributed by atoms with van der Waals surface area (Å²) in [6, 6.07) is 24.4. The first kappa shape index (κ1) is 23.9. The van der Waals surface area contributed by atoms with Gasteiger partial charge in [0.15, 0.2) is 0 Å². The lowest BCUT2D eigenvalue weighted by molar-refractivity contribution is 0.0956. The zero-order valence-electron chi connectivity index (χ0n) is 18.3. The van der Waals surface area contributed by atoms with Crippen LogP contribution in [0.2, 0.25) is 0 Å². The van der Waals surface area contributed by atoms with Gasteiger partial charge in [-0.15, -0.1) is 0 Å². The molecule has 168 valence electrons. The van der Waals surface area contributed by atoms with Crippen molar-refractivity contribution in [2.75, 3.05) is 22.9 Å². The smallest absolute Gasteiger partial charge is 0.251 e. The number of hydrogen-bond donors (Lipinski definition) is 1. The highest BCUT2D eigenvalue weighted by atomic mass is 32.2. The Kier molecular flexibility index (Phi) is 8.36. The topological polar surface area (TPSA) is 66.5 Å². The molecule has 7 heteroatoms. The van der Waals surface area contributed by atoms with Crippen LogP contribution in [-0.4, -0.2) is 32.9 Å². The number of sulfonamides is 1. The van der Waals surface area contributed by atoms with Gasteiger partial charge in [0.2, 0.25) is 10.0 Å². The molecule has 0 aromatic heterocycles. The standard InChI is InChI=1S/C25H28N2O3S2/c1-20-8-6-7-11-23(20)19-31-17-16-26-25(28)22-12-14-24(15-13-22)27(32(2,29)30)18-21-9-4-3-5-10-21/h3-15H,16-19H2,1-2H3,(H,26,28). The van der Waals surface area contributed by atoms with Gasteiger partial charge in [0.1, 0.15) is 0 Å². The number of hydrogen-bond acceptors (Lipinski definition) is 4. The lowest BCUT2D eigenvalue weighted by atomic mass is 10.1. The van der Waals surface area contributed by atoms with Crippen molar-refractivity contribution in [3.8, 4) is 0 Å². The second kappa shape index (κ2) is 11.2. The van der Waals surface area contributed by atoms with E-state index in [2.05, 4.69) is 24.4 Å². The fourth-order valence-corrected chi connectivity index (χ4v) is 5.04. The summed E-state index contributed by atoms with van der Waals surface area (Å²) >= 11 is 1.78. The molecule has 3 aromatic rings. The summed E-state index contributed by atoms with van der Waals surface area (Å²) in [6.45, 7) is 2.91. The second-order valence-electron chi connectivity index (χ2n) is 7.54. The Morgan fingerprint density at radius 3 is 2.25 bits per heavy atom. The summed E-state index contributed by atoms with van der Waals surface area (Å²) in [5, 5.41) is 2.93. The lowest BCUT2D eigenvalue weighted by Crippen LogP contribution is -2.29. The molecule has 3 aromatic carbocycles. The van der Waals surface area contributed by atoms with E-state index in [1.807, 2.05) is 42.5 Å². The third kappa shape index (κ3) is 6.87. The van der Waals surface area contributed by atoms with E-state index in [0.29, 0.717) is 17.8 Å². The summed E-state index contributed by atoms with van der Waals surface area (Å²) in [7, 11) is -3.47. The Hall–Kier alpha value is -2.77. The molecule has 0 spiro atoms. The summed E-state index contributed by atoms with van der Waals surface area (Å²) in [6.07, 6.45) is 1.19. The third-order valence-corrected chi connectivity index (χ3v) is 7.19. The number of aryl methyl sites for hydroxylation is 1. The molecule has 0 fully saturated rings. The number of benzene rings is 3. The summed E-state index contributed by atoms with van der Waals surface area (Å²) < 4.78 is 26.0. The van der Waals surface area contributed by atoms with Gasteiger partial charge in [0, 0.05) is 23.6 Å². The molecule has 0 saturated carbocycles. The summed E-state index contributed by atoms with van der Waals surface area (Å²) in [4.78, 5) is 12.4. The Bertz CT molecular complexity index is 1130. The van der Waals surface area contributed by atoms with Crippen LogP contribution in [0.4, 0.5) is 5.69 Å². The minimum absolute atomic E-state index is 0.165. The Labute approximate surface area is 194 Å². The van der Waals surface area contributed by atoms with Gasteiger partial charge in [-0.25, -0.2) is 8.42 Å². The van der Waals surface area contributed by atoms with Gasteiger partial charge in [-0.2, -0.15) is 11.8 Å². The van der Waals surface area contributed by atoms with Crippen LogP contribution in [0.5, 0.6) is 0 Å². The molecule has 0 bridgehead atoms. The average molecular weight is 469 g/mol. The van der Waals surface area contributed by atoms with Crippen LogP contribution in [0.1, 0.15) is 27.0 Å². The summed E-state index contributed by atoms with van der Waals surface area (Å²) in [5.74, 6) is 1.57. The summed E-state index contributed by atoms with van der Waals surface area (Å²) in [5.41, 5.74) is 4.51. The van der Waals surface area contributed by atoms with E-state index in [4.69, 9.17) is 0 Å². The molecular formula is C25H28N2O3S2. The average Bonchev–Trinajstić information content (AvgIpc) is 2.78. The van der Waals surface area contributed by atoms with Crippen molar-refractivity contribution in [3.05, 3.63) is 101 Å². The van der Waals surface area contributed by atoms with Crippen LogP contribution in [0.25, 0.3) is 0 Å². The molecule has 1 N–H and O–H groups in total. The first-order valence-electron chi connectivity index (χ1n) is 10.4. The largest absolute Gasteiger partial charge is 0.351 e. The number of nitrogens with one attached hydrogen (secondary N) is 1. The number of carbonyl (C=O) groups excluding carboxylic acids is 1. The SMILES string of the molecule is Cc1ccccc1CSCCNC(=O)c1ccc(N(Cc2ccccc2)S(C)(=O)=O)cc1. The predicted molar refractivity (Wildman–Crippen MR) is 134 cm³/mol. The molecule has 0 saturated heterocycles. The number of anilines is 1. The molecule has 0 atom stereocenters. The monoisotopic (exact) mass is 468 g/mol. The van der Waals surface area contributed by atoms with Gasteiger partial charge in [0.25, 0.3) is 5.91 Å². The number of rotatable bonds is 10. The highest BCUT2D eigenvalue weighted by molar-refractivity contribution is 7.98. The van der Waals surface area contributed by atoms with Gasteiger partial charge >= 0.3 is 0 Å². The molecule has 32 heavy (non-hydrogen) atoms. The highest BCUT2D eigenvalue weighted by Crippen LogP contribution is 2.21. The maximum Gasteiger partial charge on any atom is 0.251 e. The van der Waals surface area contributed by atoms with Crippen LogP contribution in [0.3, 0.4) is 0 Å². The molecule has 5 nitrogen and oxygen atoms in total. The van der Waals surface area contributed by atoms with Crippen molar-refractivity contribution in [2.45, 2.75) is 19.2 Å². The first-order valence-corrected chi connectivity index (χ1v) is 13.4. The molecule has 0 radical (unpaired) electrons. The molecular weight excluding hydrogens is 440 g/mol. The van der Waals surface area contributed by atoms with Gasteiger partial charge in [0.05, 0.1) is 18.5 Å². The molecule has 0 aliphatic heterocycles. The van der Waals surface area contributed by atoms with Crippen LogP contribution in [0, 0.1) is 6.92 Å². The van der Waals surface area contributed by atoms with Crippen LogP contribution in [0.15, 0.2) is 78.9 Å². The fraction of sp³-hybridized carbons (Fsp3) is 0.240. The van der Waals surface area contributed by atoms with Crippen LogP contribution >= 0.6 is 11.8 Å². The predicted octanol–water partition coefficient (Wildman–Crippen LogP) is 4.62. The molecule has 3 rings (SSSR count). The lowest BCUT2D eigenvalue weighted by Gasteiger charge is -2.22. The molecule has 0 aliphatic rings. The molecule has 0 unspecified atom stereocenters. The van der Waals surface area contributed by atoms with Crippen molar-refractivity contribution in [3.63, 3.8) is 0 Å². The molecule has 0 aliphatic carbocycles. The first-order chi connectivity index (χ1) is 15.3. The Morgan fingerprint density at radius 1 is 0.938 bits per heavy atom. The maximum absolute atomic E-state index is 12.4. The van der Waals surface area contributed by atoms with E-state index in [9.17, 15) is 13.2 Å². The minimum atomic E-state index is -3.47. The zero-order chi connectivity index (χ0) is 23.0. The van der Waals surface area contributed by atoms with E-state index in [1.54, 1.807) is 36.0 Å². The number of nitrogens with zero attached hydrogens (tertiary/aromatic N) is 1. The number of thioether (sulfide) groups is 1. The maximum atomic E-state index is 12.4. The van der Waals surface area contributed by atoms with Gasteiger partial charge in [-0.3, -0.25) is 9.10 Å². The number of carbonyl (C=O) groups is 1. The Morgan fingerprint density at radius 2 is 1.59 bits per heavy atom. The highest BCUT2D eigenvalue weighted by Gasteiger charge is 2.18. The molecule has 0 heterocycles. The van der Waals surface area contributed by atoms with Crippen molar-refractivity contribution < 1.29 is 13.2 Å². The van der Waals surface area contributed by atoms with E-state index in [-0.39, 0.29) is 12.5 Å². The van der Waals surface area contributed by atoms with E-state index in [1.165, 1.54) is 21.7 Å². The fourth-order valence-electron chi connectivity index (χ4n) is 3.22. The molecule has 1 amide bonds. The third-order valence-electron chi connectivity index (χ3n) is 5.04. The van der Waals surface area contributed by atoms with Crippen molar-refractivity contribution in [1.82, 2.24) is 5.32 Å².